The molecule has 0 radical (unpaired) electrons. The van der Waals surface area contributed by atoms with E-state index in [2.05, 4.69) is 211 Å². The summed E-state index contributed by atoms with van der Waals surface area (Å²) in [6.45, 7) is 0. The Hall–Kier alpha value is -7.99. The standard InChI is InChI=1S/C58H34N4S/c1-2-16-35(17-3-1)37-18-4-5-22-44(37)56-59-55(60-57(61-56)45-25-14-24-43-41-21-8-13-31-52(41)63-54(43)45)36-32-33-39-38-19-6-9-26-46(38)58(49(39)34-36)47-27-10-12-30-51(47)62-50-29-11-7-20-40(50)42-23-15-28-48(58)53(42)62/h1-34H. The molecule has 12 aromatic rings. The van der Waals surface area contributed by atoms with Gasteiger partial charge >= 0.3 is 0 Å². The lowest BCUT2D eigenvalue weighted by Gasteiger charge is -2.39. The van der Waals surface area contributed by atoms with Crippen LogP contribution in [0, 0.1) is 0 Å². The van der Waals surface area contributed by atoms with E-state index in [0.717, 1.165) is 27.8 Å². The van der Waals surface area contributed by atoms with Crippen molar-refractivity contribution in [3.05, 3.63) is 229 Å². The normalized spacial score (nSPS) is 14.7. The molecule has 9 aromatic carbocycles. The van der Waals surface area contributed by atoms with Gasteiger partial charge < -0.3 is 4.57 Å². The van der Waals surface area contributed by atoms with E-state index in [4.69, 9.17) is 15.0 Å². The molecule has 63 heavy (non-hydrogen) atoms. The highest BCUT2D eigenvalue weighted by molar-refractivity contribution is 7.26. The van der Waals surface area contributed by atoms with Crippen LogP contribution in [0.15, 0.2) is 206 Å². The highest BCUT2D eigenvalue weighted by atomic mass is 32.1. The molecule has 1 aliphatic carbocycles. The first-order valence-corrected chi connectivity index (χ1v) is 22.3. The summed E-state index contributed by atoms with van der Waals surface area (Å²) in [5, 5.41) is 4.98. The maximum atomic E-state index is 5.46. The van der Waals surface area contributed by atoms with Crippen molar-refractivity contribution >= 4 is 53.3 Å². The molecule has 1 spiro atoms. The Morgan fingerprint density at radius 3 is 1.86 bits per heavy atom. The zero-order chi connectivity index (χ0) is 41.2. The van der Waals surface area contributed by atoms with Gasteiger partial charge in [0, 0.05) is 47.6 Å². The number of rotatable bonds is 4. The van der Waals surface area contributed by atoms with E-state index in [1.807, 2.05) is 0 Å². The van der Waals surface area contributed by atoms with Crippen LogP contribution in [-0.2, 0) is 5.41 Å². The first-order chi connectivity index (χ1) is 31.3. The highest BCUT2D eigenvalue weighted by Gasteiger charge is 2.51. The topological polar surface area (TPSA) is 43.6 Å². The Labute approximate surface area is 367 Å². The minimum absolute atomic E-state index is 0.594. The molecule has 1 atom stereocenters. The van der Waals surface area contributed by atoms with Gasteiger partial charge in [0.1, 0.15) is 0 Å². The molecule has 0 bridgehead atoms. The average Bonchev–Trinajstić information content (AvgIpc) is 4.00. The second-order valence-electron chi connectivity index (χ2n) is 16.6. The van der Waals surface area contributed by atoms with Gasteiger partial charge in [-0.05, 0) is 74.8 Å². The third-order valence-electron chi connectivity index (χ3n) is 13.5. The largest absolute Gasteiger partial charge is 0.309 e. The average molecular weight is 819 g/mol. The second-order valence-corrected chi connectivity index (χ2v) is 17.7. The Bertz CT molecular complexity index is 3880. The van der Waals surface area contributed by atoms with Crippen molar-refractivity contribution in [2.45, 2.75) is 5.41 Å². The maximum absolute atomic E-state index is 5.46. The molecule has 2 aliphatic rings. The van der Waals surface area contributed by atoms with Crippen LogP contribution in [0.3, 0.4) is 0 Å². The first kappa shape index (κ1) is 34.7. The smallest absolute Gasteiger partial charge is 0.165 e. The Morgan fingerprint density at radius 1 is 0.365 bits per heavy atom. The molecule has 4 heterocycles. The monoisotopic (exact) mass is 818 g/mol. The van der Waals surface area contributed by atoms with E-state index in [-0.39, 0.29) is 0 Å². The van der Waals surface area contributed by atoms with Crippen molar-refractivity contribution in [2.24, 2.45) is 0 Å². The molecular weight excluding hydrogens is 785 g/mol. The van der Waals surface area contributed by atoms with Crippen molar-refractivity contribution in [1.82, 2.24) is 19.5 Å². The molecule has 3 aromatic heterocycles. The van der Waals surface area contributed by atoms with E-state index < -0.39 is 5.41 Å². The molecular formula is C58H34N4S. The van der Waals surface area contributed by atoms with E-state index in [0.29, 0.717) is 17.5 Å². The highest BCUT2D eigenvalue weighted by Crippen LogP contribution is 2.61. The molecule has 0 amide bonds. The fourth-order valence-corrected chi connectivity index (χ4v) is 12.1. The Morgan fingerprint density at radius 2 is 0.968 bits per heavy atom. The van der Waals surface area contributed by atoms with Gasteiger partial charge in [0.25, 0.3) is 0 Å². The Kier molecular flexibility index (Phi) is 7.16. The predicted molar refractivity (Wildman–Crippen MR) is 260 cm³/mol. The van der Waals surface area contributed by atoms with Crippen molar-refractivity contribution in [3.63, 3.8) is 0 Å². The van der Waals surface area contributed by atoms with Gasteiger partial charge in [-0.25, -0.2) is 15.0 Å². The summed E-state index contributed by atoms with van der Waals surface area (Å²) in [4.78, 5) is 16.3. The molecule has 14 rings (SSSR count). The van der Waals surface area contributed by atoms with E-state index in [1.54, 1.807) is 11.3 Å². The number of hydrogen-bond acceptors (Lipinski definition) is 4. The predicted octanol–water partition coefficient (Wildman–Crippen LogP) is 14.7. The molecule has 292 valence electrons. The zero-order valence-corrected chi connectivity index (χ0v) is 34.6. The molecule has 0 saturated heterocycles. The molecule has 0 fully saturated rings. The Balaban J connectivity index is 1.06. The summed E-state index contributed by atoms with van der Waals surface area (Å²) in [6.07, 6.45) is 0. The fraction of sp³-hybridized carbons (Fsp3) is 0.0172. The minimum atomic E-state index is -0.594. The number of thiophene rings is 1. The van der Waals surface area contributed by atoms with Crippen LogP contribution in [0.4, 0.5) is 0 Å². The van der Waals surface area contributed by atoms with Crippen LogP contribution in [0.2, 0.25) is 0 Å². The van der Waals surface area contributed by atoms with Crippen LogP contribution in [0.5, 0.6) is 0 Å². The number of hydrogen-bond donors (Lipinski definition) is 0. The molecule has 1 unspecified atom stereocenters. The van der Waals surface area contributed by atoms with Crippen LogP contribution >= 0.6 is 11.3 Å². The lowest BCUT2D eigenvalue weighted by Crippen LogP contribution is -2.33. The van der Waals surface area contributed by atoms with Crippen molar-refractivity contribution < 1.29 is 0 Å². The summed E-state index contributed by atoms with van der Waals surface area (Å²) < 4.78 is 4.91. The SMILES string of the molecule is c1ccc(-c2ccccc2-c2nc(-c3ccc4c(c3)C3(c5ccccc5-4)c4ccccc4-n4c5ccccc5c5cccc3c54)nc(-c3cccc4c3sc3ccccc34)n2)cc1. The number of fused-ring (bicyclic) bond motifs is 15. The summed E-state index contributed by atoms with van der Waals surface area (Å²) in [7, 11) is 0. The van der Waals surface area contributed by atoms with Gasteiger partial charge in [-0.15, -0.1) is 11.3 Å². The van der Waals surface area contributed by atoms with E-state index in [9.17, 15) is 0 Å². The number of nitrogens with zero attached hydrogens (tertiary/aromatic N) is 4. The number of benzene rings is 9. The van der Waals surface area contributed by atoms with Gasteiger partial charge in [-0.2, -0.15) is 0 Å². The van der Waals surface area contributed by atoms with Crippen molar-refractivity contribution in [2.75, 3.05) is 0 Å². The first-order valence-electron chi connectivity index (χ1n) is 21.4. The third kappa shape index (κ3) is 4.72. The van der Waals surface area contributed by atoms with Gasteiger partial charge in [-0.1, -0.05) is 176 Å². The summed E-state index contributed by atoms with van der Waals surface area (Å²) >= 11 is 1.79. The van der Waals surface area contributed by atoms with Crippen molar-refractivity contribution in [3.8, 4) is 62.1 Å². The van der Waals surface area contributed by atoms with Crippen LogP contribution in [-0.4, -0.2) is 19.5 Å². The number of aromatic nitrogens is 4. The molecule has 5 heteroatoms. The lowest BCUT2D eigenvalue weighted by molar-refractivity contribution is 0.748. The number of para-hydroxylation sites is 3. The van der Waals surface area contributed by atoms with Gasteiger partial charge in [0.05, 0.1) is 22.1 Å². The third-order valence-corrected chi connectivity index (χ3v) is 14.7. The summed E-state index contributed by atoms with van der Waals surface area (Å²) in [5.74, 6) is 1.94. The second kappa shape index (κ2) is 13.0. The van der Waals surface area contributed by atoms with Gasteiger partial charge in [0.15, 0.2) is 17.5 Å². The van der Waals surface area contributed by atoms with Gasteiger partial charge in [0.2, 0.25) is 0 Å². The zero-order valence-electron chi connectivity index (χ0n) is 33.8. The fourth-order valence-electron chi connectivity index (χ4n) is 10.9. The van der Waals surface area contributed by atoms with E-state index >= 15 is 0 Å². The van der Waals surface area contributed by atoms with Crippen LogP contribution < -0.4 is 0 Å². The van der Waals surface area contributed by atoms with E-state index in [1.165, 1.54) is 81.0 Å². The molecule has 4 nitrogen and oxygen atoms in total. The minimum Gasteiger partial charge on any atom is -0.309 e. The lowest BCUT2D eigenvalue weighted by atomic mass is 9.65. The summed E-state index contributed by atoms with van der Waals surface area (Å²) in [5.41, 5.74) is 15.7. The summed E-state index contributed by atoms with van der Waals surface area (Å²) in [6, 6.07) is 74.8. The van der Waals surface area contributed by atoms with Gasteiger partial charge in [-0.3, -0.25) is 0 Å². The van der Waals surface area contributed by atoms with Crippen molar-refractivity contribution in [1.29, 1.82) is 0 Å². The van der Waals surface area contributed by atoms with Crippen LogP contribution in [0.1, 0.15) is 22.3 Å². The quantitative estimate of drug-likeness (QED) is 0.178. The molecule has 0 N–H and O–H groups in total. The van der Waals surface area contributed by atoms with Crippen LogP contribution in [0.25, 0.3) is 104 Å². The molecule has 0 saturated carbocycles. The maximum Gasteiger partial charge on any atom is 0.165 e. The molecule has 1 aliphatic heterocycles.